The number of pyridine rings is 1. The van der Waals surface area contributed by atoms with Crippen LogP contribution in [-0.4, -0.2) is 72.4 Å². The number of anilines is 2. The van der Waals surface area contributed by atoms with E-state index in [-0.39, 0.29) is 5.91 Å². The van der Waals surface area contributed by atoms with E-state index in [4.69, 9.17) is 4.74 Å². The predicted molar refractivity (Wildman–Crippen MR) is 102 cm³/mol. The van der Waals surface area contributed by atoms with E-state index in [1.54, 1.807) is 25.4 Å². The molecular weight excluding hydrogens is 344 g/mol. The average Bonchev–Trinajstić information content (AvgIpc) is 3.28. The van der Waals surface area contributed by atoms with Crippen LogP contribution in [0.2, 0.25) is 0 Å². The van der Waals surface area contributed by atoms with Crippen LogP contribution in [0, 0.1) is 0 Å². The van der Waals surface area contributed by atoms with E-state index in [1.165, 1.54) is 12.8 Å². The van der Waals surface area contributed by atoms with E-state index in [0.29, 0.717) is 24.5 Å². The van der Waals surface area contributed by atoms with E-state index in [2.05, 4.69) is 31.0 Å². The molecule has 2 saturated heterocycles. The molecule has 0 atom stereocenters. The van der Waals surface area contributed by atoms with Gasteiger partial charge in [-0.15, -0.1) is 10.2 Å². The number of carbonyl (C=O) groups is 1. The molecule has 2 aliphatic rings. The van der Waals surface area contributed by atoms with E-state index in [1.807, 2.05) is 11.0 Å². The maximum Gasteiger partial charge on any atom is 0.254 e. The molecule has 2 aromatic heterocycles. The molecule has 27 heavy (non-hydrogen) atoms. The average molecular weight is 368 g/mol. The van der Waals surface area contributed by atoms with Crippen molar-refractivity contribution in [3.8, 4) is 5.88 Å². The Morgan fingerprint density at radius 2 is 1.56 bits per heavy atom. The van der Waals surface area contributed by atoms with Crippen molar-refractivity contribution in [2.75, 3.05) is 56.2 Å². The summed E-state index contributed by atoms with van der Waals surface area (Å²) in [5.41, 5.74) is 0.602. The molecule has 4 heterocycles. The third-order valence-corrected chi connectivity index (χ3v) is 5.15. The van der Waals surface area contributed by atoms with Crippen LogP contribution < -0.4 is 14.5 Å². The molecular formula is C19H24N6O2. The van der Waals surface area contributed by atoms with Crippen molar-refractivity contribution < 1.29 is 9.53 Å². The molecule has 0 N–H and O–H groups in total. The van der Waals surface area contributed by atoms with Crippen molar-refractivity contribution >= 4 is 17.5 Å². The number of methoxy groups -OCH3 is 1. The number of hydrogen-bond acceptors (Lipinski definition) is 7. The Kier molecular flexibility index (Phi) is 5.04. The fourth-order valence-electron chi connectivity index (χ4n) is 3.58. The van der Waals surface area contributed by atoms with Crippen molar-refractivity contribution in [1.82, 2.24) is 20.1 Å². The van der Waals surface area contributed by atoms with E-state index < -0.39 is 0 Å². The number of amides is 1. The van der Waals surface area contributed by atoms with Gasteiger partial charge in [0.05, 0.1) is 7.11 Å². The fraction of sp³-hybridized carbons (Fsp3) is 0.474. The number of rotatable bonds is 4. The highest BCUT2D eigenvalue weighted by atomic mass is 16.5. The molecule has 0 bridgehead atoms. The standard InChI is InChI=1S/C19H24N6O2/c1-27-18-14-15(6-7-20-18)19(26)25-12-10-24(11-13-25)17-5-4-16(21-22-17)23-8-2-3-9-23/h4-7,14H,2-3,8-13H2,1H3. The minimum Gasteiger partial charge on any atom is -0.481 e. The number of aromatic nitrogens is 3. The van der Waals surface area contributed by atoms with Crippen LogP contribution in [-0.2, 0) is 0 Å². The summed E-state index contributed by atoms with van der Waals surface area (Å²) < 4.78 is 5.10. The van der Waals surface area contributed by atoms with Gasteiger partial charge in [0.15, 0.2) is 11.6 Å². The summed E-state index contributed by atoms with van der Waals surface area (Å²) in [5.74, 6) is 2.28. The highest BCUT2D eigenvalue weighted by Crippen LogP contribution is 2.20. The summed E-state index contributed by atoms with van der Waals surface area (Å²) in [5, 5.41) is 8.79. The van der Waals surface area contributed by atoms with Crippen molar-refractivity contribution in [2.45, 2.75) is 12.8 Å². The van der Waals surface area contributed by atoms with Crippen LogP contribution >= 0.6 is 0 Å². The second-order valence-electron chi connectivity index (χ2n) is 6.81. The zero-order chi connectivity index (χ0) is 18.6. The molecule has 2 aromatic rings. The van der Waals surface area contributed by atoms with Gasteiger partial charge in [-0.2, -0.15) is 0 Å². The maximum atomic E-state index is 12.7. The molecule has 2 fully saturated rings. The number of ether oxygens (including phenoxy) is 1. The van der Waals surface area contributed by atoms with Crippen molar-refractivity contribution in [3.05, 3.63) is 36.0 Å². The van der Waals surface area contributed by atoms with Gasteiger partial charge in [-0.25, -0.2) is 4.98 Å². The first-order valence-corrected chi connectivity index (χ1v) is 9.37. The van der Waals surface area contributed by atoms with E-state index >= 15 is 0 Å². The molecule has 4 rings (SSSR count). The Morgan fingerprint density at radius 1 is 0.926 bits per heavy atom. The molecule has 0 aromatic carbocycles. The van der Waals surface area contributed by atoms with Crippen LogP contribution in [0.5, 0.6) is 5.88 Å². The largest absolute Gasteiger partial charge is 0.481 e. The van der Waals surface area contributed by atoms with Gasteiger partial charge in [0, 0.05) is 57.1 Å². The molecule has 142 valence electrons. The van der Waals surface area contributed by atoms with Gasteiger partial charge in [0.2, 0.25) is 5.88 Å². The fourth-order valence-corrected chi connectivity index (χ4v) is 3.58. The number of hydrogen-bond donors (Lipinski definition) is 0. The van der Waals surface area contributed by atoms with Gasteiger partial charge in [-0.1, -0.05) is 0 Å². The molecule has 0 spiro atoms. The van der Waals surface area contributed by atoms with Crippen molar-refractivity contribution in [1.29, 1.82) is 0 Å². The molecule has 0 saturated carbocycles. The molecule has 0 radical (unpaired) electrons. The monoisotopic (exact) mass is 368 g/mol. The Labute approximate surface area is 158 Å². The SMILES string of the molecule is COc1cc(C(=O)N2CCN(c3ccc(N4CCCC4)nn3)CC2)ccn1. The molecule has 8 heteroatoms. The first kappa shape index (κ1) is 17.5. The van der Waals surface area contributed by atoms with Crippen LogP contribution in [0.4, 0.5) is 11.6 Å². The predicted octanol–water partition coefficient (Wildman–Crippen LogP) is 1.44. The second kappa shape index (κ2) is 7.77. The summed E-state index contributed by atoms with van der Waals surface area (Å²) in [6.07, 6.45) is 4.05. The van der Waals surface area contributed by atoms with Gasteiger partial charge in [-0.3, -0.25) is 4.79 Å². The third kappa shape index (κ3) is 3.79. The van der Waals surface area contributed by atoms with Crippen LogP contribution in [0.3, 0.4) is 0 Å². The summed E-state index contributed by atoms with van der Waals surface area (Å²) in [6.45, 7) is 4.92. The first-order valence-electron chi connectivity index (χ1n) is 9.37. The normalized spacial score (nSPS) is 17.3. The van der Waals surface area contributed by atoms with Crippen molar-refractivity contribution in [2.24, 2.45) is 0 Å². The minimum atomic E-state index is 0.00538. The third-order valence-electron chi connectivity index (χ3n) is 5.15. The van der Waals surface area contributed by atoms with E-state index in [0.717, 1.165) is 37.8 Å². The molecule has 1 amide bonds. The Morgan fingerprint density at radius 3 is 2.15 bits per heavy atom. The smallest absolute Gasteiger partial charge is 0.254 e. The lowest BCUT2D eigenvalue weighted by Crippen LogP contribution is -2.49. The second-order valence-corrected chi connectivity index (χ2v) is 6.81. The zero-order valence-electron chi connectivity index (χ0n) is 15.5. The molecule has 8 nitrogen and oxygen atoms in total. The summed E-state index contributed by atoms with van der Waals surface area (Å²) in [4.78, 5) is 23.1. The lowest BCUT2D eigenvalue weighted by molar-refractivity contribution is 0.0746. The summed E-state index contributed by atoms with van der Waals surface area (Å²) in [7, 11) is 1.55. The highest BCUT2D eigenvalue weighted by molar-refractivity contribution is 5.94. The van der Waals surface area contributed by atoms with Gasteiger partial charge in [0.1, 0.15) is 0 Å². The van der Waals surface area contributed by atoms with Crippen LogP contribution in [0.1, 0.15) is 23.2 Å². The Balaban J connectivity index is 1.36. The van der Waals surface area contributed by atoms with Gasteiger partial charge >= 0.3 is 0 Å². The zero-order valence-corrected chi connectivity index (χ0v) is 15.5. The van der Waals surface area contributed by atoms with Crippen LogP contribution in [0.25, 0.3) is 0 Å². The molecule has 0 unspecified atom stereocenters. The molecule has 2 aliphatic heterocycles. The topological polar surface area (TPSA) is 74.7 Å². The van der Waals surface area contributed by atoms with Crippen molar-refractivity contribution in [3.63, 3.8) is 0 Å². The number of nitrogens with zero attached hydrogens (tertiary/aromatic N) is 6. The minimum absolute atomic E-state index is 0.00538. The summed E-state index contributed by atoms with van der Waals surface area (Å²) in [6, 6.07) is 7.48. The summed E-state index contributed by atoms with van der Waals surface area (Å²) >= 11 is 0. The Hall–Kier alpha value is -2.90. The Bertz CT molecular complexity index is 783. The molecule has 0 aliphatic carbocycles. The maximum absolute atomic E-state index is 12.7. The van der Waals surface area contributed by atoms with Crippen LogP contribution in [0.15, 0.2) is 30.5 Å². The quantitative estimate of drug-likeness (QED) is 0.808. The van der Waals surface area contributed by atoms with E-state index in [9.17, 15) is 4.79 Å². The number of piperazine rings is 1. The first-order chi connectivity index (χ1) is 13.2. The van der Waals surface area contributed by atoms with Gasteiger partial charge < -0.3 is 19.4 Å². The number of carbonyl (C=O) groups excluding carboxylic acids is 1. The van der Waals surface area contributed by atoms with Gasteiger partial charge in [0.25, 0.3) is 5.91 Å². The lowest BCUT2D eigenvalue weighted by atomic mass is 10.2. The lowest BCUT2D eigenvalue weighted by Gasteiger charge is -2.35. The highest BCUT2D eigenvalue weighted by Gasteiger charge is 2.24. The van der Waals surface area contributed by atoms with Gasteiger partial charge in [-0.05, 0) is 31.0 Å².